The molecule has 0 amide bonds. The predicted molar refractivity (Wildman–Crippen MR) is 69.3 cm³/mol. The monoisotopic (exact) mass is 221 g/mol. The summed E-state index contributed by atoms with van der Waals surface area (Å²) in [6.45, 7) is 4.31. The normalized spacial score (nSPS) is 11.1. The summed E-state index contributed by atoms with van der Waals surface area (Å²) in [6, 6.07) is 0.161. The molecule has 1 atom stereocenters. The molecular formula is C13H23N3. The smallest absolute Gasteiger partial charge is 0.0377 e. The predicted octanol–water partition coefficient (Wildman–Crippen LogP) is 5.15. The van der Waals surface area contributed by atoms with Crippen molar-refractivity contribution in [3.63, 3.8) is 0 Å². The molecule has 0 N–H and O–H groups in total. The Balaban J connectivity index is 3.83. The van der Waals surface area contributed by atoms with Gasteiger partial charge >= 0.3 is 0 Å². The molecule has 0 aliphatic heterocycles. The first-order chi connectivity index (χ1) is 7.85. The fraction of sp³-hybridized carbons (Fsp3) is 0.769. The highest BCUT2D eigenvalue weighted by atomic mass is 15.1. The van der Waals surface area contributed by atoms with E-state index in [1.165, 1.54) is 6.42 Å². The van der Waals surface area contributed by atoms with Crippen LogP contribution in [0.25, 0.3) is 10.4 Å². The lowest BCUT2D eigenvalue weighted by Gasteiger charge is -2.07. The molecular weight excluding hydrogens is 198 g/mol. The Hall–Kier alpha value is -1.17. The van der Waals surface area contributed by atoms with Crippen LogP contribution in [0.15, 0.2) is 23.0 Å². The van der Waals surface area contributed by atoms with Gasteiger partial charge in [0.2, 0.25) is 0 Å². The minimum absolute atomic E-state index is 0.161. The van der Waals surface area contributed by atoms with Gasteiger partial charge in [0, 0.05) is 11.0 Å². The summed E-state index contributed by atoms with van der Waals surface area (Å²) in [6.07, 6.45) is 11.6. The van der Waals surface area contributed by atoms with E-state index in [0.717, 1.165) is 38.5 Å². The Bertz CT molecular complexity index is 258. The zero-order valence-corrected chi connectivity index (χ0v) is 10.5. The van der Waals surface area contributed by atoms with Crippen LogP contribution in [-0.2, 0) is 0 Å². The Morgan fingerprint density at radius 1 is 1.19 bits per heavy atom. The molecule has 0 heterocycles. The largest absolute Gasteiger partial charge is 0.130 e. The summed E-state index contributed by atoms with van der Waals surface area (Å²) >= 11 is 0. The molecule has 0 aliphatic carbocycles. The first kappa shape index (κ1) is 14.8. The zero-order valence-electron chi connectivity index (χ0n) is 10.5. The first-order valence-corrected chi connectivity index (χ1v) is 6.28. The molecule has 16 heavy (non-hydrogen) atoms. The van der Waals surface area contributed by atoms with Crippen molar-refractivity contribution in [1.82, 2.24) is 0 Å². The number of hydrogen-bond acceptors (Lipinski definition) is 1. The lowest BCUT2D eigenvalue weighted by atomic mass is 10.1. The maximum atomic E-state index is 8.44. The van der Waals surface area contributed by atoms with Gasteiger partial charge in [0.1, 0.15) is 0 Å². The molecule has 0 saturated carbocycles. The van der Waals surface area contributed by atoms with Crippen molar-refractivity contribution in [1.29, 1.82) is 0 Å². The SMILES string of the molecule is CCCC=C=CCC[C@H](CCCC)N=[N+]=[N-]. The van der Waals surface area contributed by atoms with Gasteiger partial charge in [0.05, 0.1) is 0 Å². The van der Waals surface area contributed by atoms with Crippen molar-refractivity contribution in [2.75, 3.05) is 0 Å². The molecule has 3 nitrogen and oxygen atoms in total. The van der Waals surface area contributed by atoms with E-state index in [0.29, 0.717) is 0 Å². The highest BCUT2D eigenvalue weighted by molar-refractivity contribution is 4.85. The van der Waals surface area contributed by atoms with E-state index >= 15 is 0 Å². The van der Waals surface area contributed by atoms with Crippen molar-refractivity contribution >= 4 is 0 Å². The van der Waals surface area contributed by atoms with E-state index in [9.17, 15) is 0 Å². The number of rotatable bonds is 9. The average Bonchev–Trinajstić information content (AvgIpc) is 2.30. The summed E-state index contributed by atoms with van der Waals surface area (Å²) < 4.78 is 0. The van der Waals surface area contributed by atoms with Crippen molar-refractivity contribution in [3.8, 4) is 0 Å². The second-order valence-electron chi connectivity index (χ2n) is 3.94. The summed E-state index contributed by atoms with van der Waals surface area (Å²) in [5, 5.41) is 3.82. The lowest BCUT2D eigenvalue weighted by molar-refractivity contribution is 0.543. The molecule has 0 bridgehead atoms. The molecule has 0 aromatic carbocycles. The van der Waals surface area contributed by atoms with E-state index in [4.69, 9.17) is 5.53 Å². The third-order valence-electron chi connectivity index (χ3n) is 2.42. The fourth-order valence-electron chi connectivity index (χ4n) is 1.44. The number of hydrogen-bond donors (Lipinski definition) is 0. The number of allylic oxidation sites excluding steroid dienone is 1. The van der Waals surface area contributed by atoms with Crippen LogP contribution in [0.2, 0.25) is 0 Å². The topological polar surface area (TPSA) is 48.8 Å². The summed E-state index contributed by atoms with van der Waals surface area (Å²) in [5.41, 5.74) is 11.6. The van der Waals surface area contributed by atoms with Gasteiger partial charge in [-0.25, -0.2) is 0 Å². The number of nitrogens with zero attached hydrogens (tertiary/aromatic N) is 3. The molecule has 3 heteroatoms. The second-order valence-corrected chi connectivity index (χ2v) is 3.94. The Morgan fingerprint density at radius 2 is 1.94 bits per heavy atom. The molecule has 0 rings (SSSR count). The molecule has 0 fully saturated rings. The van der Waals surface area contributed by atoms with Gasteiger partial charge in [-0.1, -0.05) is 38.2 Å². The number of unbranched alkanes of at least 4 members (excludes halogenated alkanes) is 2. The maximum Gasteiger partial charge on any atom is 0.0377 e. The first-order valence-electron chi connectivity index (χ1n) is 6.28. The van der Waals surface area contributed by atoms with Crippen LogP contribution in [0.1, 0.15) is 58.8 Å². The summed E-state index contributed by atoms with van der Waals surface area (Å²) in [4.78, 5) is 2.90. The lowest BCUT2D eigenvalue weighted by Crippen LogP contribution is -2.02. The quantitative estimate of drug-likeness (QED) is 0.224. The zero-order chi connectivity index (χ0) is 12.1. The minimum Gasteiger partial charge on any atom is -0.130 e. The van der Waals surface area contributed by atoms with Crippen LogP contribution < -0.4 is 0 Å². The minimum atomic E-state index is 0.161. The standard InChI is InChI=1S/C13H23N3/c1-3-5-7-8-9-10-12-13(15-16-14)11-6-4-2/h7,9,13H,3-6,10-12H2,1-2H3/t8?,13-/m0/s1. The van der Waals surface area contributed by atoms with Gasteiger partial charge in [-0.3, -0.25) is 0 Å². The van der Waals surface area contributed by atoms with Gasteiger partial charge in [0.25, 0.3) is 0 Å². The third kappa shape index (κ3) is 9.39. The van der Waals surface area contributed by atoms with Gasteiger partial charge in [-0.05, 0) is 43.4 Å². The molecule has 0 spiro atoms. The molecule has 0 radical (unpaired) electrons. The van der Waals surface area contributed by atoms with Gasteiger partial charge in [-0.15, -0.1) is 5.73 Å². The van der Waals surface area contributed by atoms with Crippen molar-refractivity contribution in [2.45, 2.75) is 64.8 Å². The van der Waals surface area contributed by atoms with Crippen LogP contribution in [0.3, 0.4) is 0 Å². The Labute approximate surface area is 98.9 Å². The summed E-state index contributed by atoms with van der Waals surface area (Å²) in [5.74, 6) is 0. The second kappa shape index (κ2) is 11.9. The third-order valence-corrected chi connectivity index (χ3v) is 2.42. The van der Waals surface area contributed by atoms with Crippen molar-refractivity contribution < 1.29 is 0 Å². The highest BCUT2D eigenvalue weighted by Crippen LogP contribution is 2.11. The van der Waals surface area contributed by atoms with Crippen LogP contribution in [0.4, 0.5) is 0 Å². The van der Waals surface area contributed by atoms with E-state index in [-0.39, 0.29) is 6.04 Å². The number of azide groups is 1. The van der Waals surface area contributed by atoms with Crippen LogP contribution in [0.5, 0.6) is 0 Å². The van der Waals surface area contributed by atoms with E-state index in [1.807, 2.05) is 6.08 Å². The molecule has 0 aromatic heterocycles. The van der Waals surface area contributed by atoms with Gasteiger partial charge in [0.15, 0.2) is 0 Å². The van der Waals surface area contributed by atoms with E-state index < -0.39 is 0 Å². The Kier molecular flexibility index (Phi) is 11.0. The molecule has 0 unspecified atom stereocenters. The Morgan fingerprint density at radius 3 is 2.56 bits per heavy atom. The average molecular weight is 221 g/mol. The molecule has 0 aromatic rings. The summed E-state index contributed by atoms with van der Waals surface area (Å²) in [7, 11) is 0. The van der Waals surface area contributed by atoms with E-state index in [2.05, 4.69) is 35.7 Å². The van der Waals surface area contributed by atoms with Gasteiger partial charge in [-0.2, -0.15) is 0 Å². The van der Waals surface area contributed by atoms with E-state index in [1.54, 1.807) is 0 Å². The fourth-order valence-corrected chi connectivity index (χ4v) is 1.44. The van der Waals surface area contributed by atoms with Gasteiger partial charge < -0.3 is 0 Å². The van der Waals surface area contributed by atoms with Crippen LogP contribution in [-0.4, -0.2) is 6.04 Å². The van der Waals surface area contributed by atoms with Crippen molar-refractivity contribution in [3.05, 3.63) is 28.3 Å². The van der Waals surface area contributed by atoms with Crippen molar-refractivity contribution in [2.24, 2.45) is 5.11 Å². The van der Waals surface area contributed by atoms with Crippen LogP contribution in [0, 0.1) is 0 Å². The maximum absolute atomic E-state index is 8.44. The van der Waals surface area contributed by atoms with Crippen LogP contribution >= 0.6 is 0 Å². The molecule has 90 valence electrons. The highest BCUT2D eigenvalue weighted by Gasteiger charge is 2.03. The molecule has 0 saturated heterocycles. The molecule has 0 aliphatic rings.